The lowest BCUT2D eigenvalue weighted by atomic mass is 10.3. The van der Waals surface area contributed by atoms with Gasteiger partial charge in [-0.3, -0.25) is 0 Å². The van der Waals surface area contributed by atoms with Crippen LogP contribution in [-0.4, -0.2) is 4.98 Å². The van der Waals surface area contributed by atoms with Gasteiger partial charge < -0.3 is 5.73 Å². The number of aromatic nitrogens is 2. The Morgan fingerprint density at radius 2 is 2.17 bits per heavy atom. The molecule has 60 valence electrons. The summed E-state index contributed by atoms with van der Waals surface area (Å²) in [6.45, 7) is 0. The molecule has 2 N–H and O–H groups in total. The van der Waals surface area contributed by atoms with Gasteiger partial charge in [-0.2, -0.15) is 0 Å². The molecule has 0 amide bonds. The van der Waals surface area contributed by atoms with Gasteiger partial charge in [0.1, 0.15) is 0 Å². The fraction of sp³-hybridized carbons (Fsp3) is 0.111. The molecule has 0 aliphatic rings. The zero-order chi connectivity index (χ0) is 8.55. The van der Waals surface area contributed by atoms with E-state index >= 15 is 0 Å². The Labute approximate surface area is 70.5 Å². The summed E-state index contributed by atoms with van der Waals surface area (Å²) in [6.07, 6.45) is 1.95. The van der Waals surface area contributed by atoms with E-state index in [4.69, 9.17) is 5.73 Å². The van der Waals surface area contributed by atoms with Crippen LogP contribution in [0.5, 0.6) is 0 Å². The third-order valence-electron chi connectivity index (χ3n) is 1.85. The normalized spacial score (nSPS) is 10.4. The number of rotatable bonds is 0. The quantitative estimate of drug-likeness (QED) is 0.575. The molecule has 0 aliphatic heterocycles. The van der Waals surface area contributed by atoms with Gasteiger partial charge in [-0.1, -0.05) is 0 Å². The van der Waals surface area contributed by atoms with Gasteiger partial charge in [-0.15, -0.1) is 0 Å². The lowest BCUT2D eigenvalue weighted by molar-refractivity contribution is -0.646. The Balaban J connectivity index is 2.88. The molecular weight excluding hydrogens is 150 g/mol. The van der Waals surface area contributed by atoms with E-state index in [1.807, 2.05) is 42.1 Å². The molecule has 0 spiro atoms. The Hall–Kier alpha value is -1.64. The van der Waals surface area contributed by atoms with Crippen LogP contribution in [0.3, 0.4) is 0 Å². The summed E-state index contributed by atoms with van der Waals surface area (Å²) in [5, 5.41) is 1.11. The van der Waals surface area contributed by atoms with Crippen molar-refractivity contribution in [1.82, 2.24) is 4.98 Å². The van der Waals surface area contributed by atoms with Crippen LogP contribution in [0.4, 0.5) is 5.82 Å². The number of hydrogen-bond donors (Lipinski definition) is 1. The minimum Gasteiger partial charge on any atom is -0.363 e. The third kappa shape index (κ3) is 0.993. The maximum absolute atomic E-state index is 5.57. The van der Waals surface area contributed by atoms with Gasteiger partial charge in [-0.05, 0) is 23.2 Å². The number of hydrogen-bond acceptors (Lipinski definition) is 2. The van der Waals surface area contributed by atoms with Gasteiger partial charge in [0.15, 0.2) is 0 Å². The van der Waals surface area contributed by atoms with E-state index in [-0.39, 0.29) is 0 Å². The predicted octanol–water partition coefficient (Wildman–Crippen LogP) is 0.641. The second kappa shape index (κ2) is 2.44. The SMILES string of the molecule is C[n+]1cccc2ccc(N)nc21. The lowest BCUT2D eigenvalue weighted by Gasteiger charge is -1.94. The fourth-order valence-electron chi connectivity index (χ4n) is 1.23. The van der Waals surface area contributed by atoms with E-state index in [0.717, 1.165) is 11.0 Å². The molecular formula is C9H10N3+. The minimum absolute atomic E-state index is 0.560. The molecule has 0 unspecified atom stereocenters. The van der Waals surface area contributed by atoms with E-state index in [9.17, 15) is 0 Å². The van der Waals surface area contributed by atoms with Gasteiger partial charge in [0.2, 0.25) is 5.82 Å². The molecule has 0 fully saturated rings. The molecule has 0 atom stereocenters. The molecule has 0 radical (unpaired) electrons. The monoisotopic (exact) mass is 160 g/mol. The first-order valence-corrected chi connectivity index (χ1v) is 3.78. The van der Waals surface area contributed by atoms with Crippen molar-refractivity contribution < 1.29 is 4.57 Å². The zero-order valence-electron chi connectivity index (χ0n) is 6.86. The highest BCUT2D eigenvalue weighted by molar-refractivity contribution is 5.72. The maximum atomic E-state index is 5.57. The number of nitrogens with zero attached hydrogens (tertiary/aromatic N) is 2. The highest BCUT2D eigenvalue weighted by atomic mass is 15.0. The van der Waals surface area contributed by atoms with Crippen LogP contribution in [0.2, 0.25) is 0 Å². The van der Waals surface area contributed by atoms with E-state index in [1.54, 1.807) is 0 Å². The largest absolute Gasteiger partial charge is 0.363 e. The molecule has 0 aliphatic carbocycles. The van der Waals surface area contributed by atoms with Gasteiger partial charge in [0.05, 0.1) is 18.6 Å². The Morgan fingerprint density at radius 3 is 3.00 bits per heavy atom. The summed E-state index contributed by atoms with van der Waals surface area (Å²) in [4.78, 5) is 4.22. The molecule has 3 nitrogen and oxygen atoms in total. The Kier molecular flexibility index (Phi) is 1.43. The summed E-state index contributed by atoms with van der Waals surface area (Å²) in [5.74, 6) is 0.560. The standard InChI is InChI=1S/C9H9N3/c1-12-6-2-3-7-4-5-8(10)11-9(7)12/h2-6,10H,1H3/p+1. The number of aryl methyl sites for hydroxylation is 1. The Morgan fingerprint density at radius 1 is 1.33 bits per heavy atom. The van der Waals surface area contributed by atoms with Crippen molar-refractivity contribution in [2.45, 2.75) is 0 Å². The minimum atomic E-state index is 0.560. The molecule has 0 aromatic carbocycles. The van der Waals surface area contributed by atoms with Gasteiger partial charge in [-0.25, -0.2) is 4.57 Å². The van der Waals surface area contributed by atoms with Crippen LogP contribution in [0, 0.1) is 0 Å². The summed E-state index contributed by atoms with van der Waals surface area (Å²) >= 11 is 0. The van der Waals surface area contributed by atoms with E-state index in [1.165, 1.54) is 0 Å². The second-order valence-electron chi connectivity index (χ2n) is 2.77. The van der Waals surface area contributed by atoms with Crippen molar-refractivity contribution in [3.05, 3.63) is 30.5 Å². The van der Waals surface area contributed by atoms with Crippen molar-refractivity contribution in [3.63, 3.8) is 0 Å². The summed E-state index contributed by atoms with van der Waals surface area (Å²) in [6, 6.07) is 7.78. The van der Waals surface area contributed by atoms with Crippen LogP contribution < -0.4 is 10.3 Å². The second-order valence-corrected chi connectivity index (χ2v) is 2.77. The summed E-state index contributed by atoms with van der Waals surface area (Å²) in [5.41, 5.74) is 6.48. The summed E-state index contributed by atoms with van der Waals surface area (Å²) < 4.78 is 1.95. The average Bonchev–Trinajstić information content (AvgIpc) is 2.07. The van der Waals surface area contributed by atoms with Crippen LogP contribution in [-0.2, 0) is 7.05 Å². The first-order chi connectivity index (χ1) is 5.77. The van der Waals surface area contributed by atoms with Crippen LogP contribution in [0.25, 0.3) is 11.0 Å². The third-order valence-corrected chi connectivity index (χ3v) is 1.85. The Bertz CT molecular complexity index is 423. The molecule has 0 saturated heterocycles. The van der Waals surface area contributed by atoms with E-state index in [2.05, 4.69) is 4.98 Å². The first kappa shape index (κ1) is 7.03. The molecule has 2 aromatic rings. The topological polar surface area (TPSA) is 42.8 Å². The molecule has 0 bridgehead atoms. The molecule has 0 saturated carbocycles. The fourth-order valence-corrected chi connectivity index (χ4v) is 1.23. The van der Waals surface area contributed by atoms with Crippen molar-refractivity contribution in [2.75, 3.05) is 5.73 Å². The molecule has 2 heterocycles. The zero-order valence-corrected chi connectivity index (χ0v) is 6.86. The smallest absolute Gasteiger partial charge is 0.332 e. The molecule has 12 heavy (non-hydrogen) atoms. The van der Waals surface area contributed by atoms with E-state index < -0.39 is 0 Å². The van der Waals surface area contributed by atoms with Gasteiger partial charge in [0.25, 0.3) is 0 Å². The van der Waals surface area contributed by atoms with Crippen molar-refractivity contribution in [1.29, 1.82) is 0 Å². The van der Waals surface area contributed by atoms with Crippen molar-refractivity contribution in [3.8, 4) is 0 Å². The average molecular weight is 160 g/mol. The number of fused-ring (bicyclic) bond motifs is 1. The lowest BCUT2D eigenvalue weighted by Crippen LogP contribution is -2.29. The molecule has 2 rings (SSSR count). The van der Waals surface area contributed by atoms with E-state index in [0.29, 0.717) is 5.82 Å². The molecule has 2 aromatic heterocycles. The van der Waals surface area contributed by atoms with Crippen molar-refractivity contribution in [2.24, 2.45) is 7.05 Å². The van der Waals surface area contributed by atoms with Crippen LogP contribution in [0.1, 0.15) is 0 Å². The highest BCUT2D eigenvalue weighted by Gasteiger charge is 2.05. The highest BCUT2D eigenvalue weighted by Crippen LogP contribution is 2.07. The van der Waals surface area contributed by atoms with Gasteiger partial charge in [0, 0.05) is 6.07 Å². The predicted molar refractivity (Wildman–Crippen MR) is 47.3 cm³/mol. The maximum Gasteiger partial charge on any atom is 0.332 e. The van der Waals surface area contributed by atoms with Crippen LogP contribution >= 0.6 is 0 Å². The number of nitrogens with two attached hydrogens (primary N) is 1. The number of pyridine rings is 2. The first-order valence-electron chi connectivity index (χ1n) is 3.78. The number of nitrogen functional groups attached to an aromatic ring is 1. The van der Waals surface area contributed by atoms with Gasteiger partial charge >= 0.3 is 5.65 Å². The summed E-state index contributed by atoms with van der Waals surface area (Å²) in [7, 11) is 1.95. The number of anilines is 1. The van der Waals surface area contributed by atoms with Crippen LogP contribution in [0.15, 0.2) is 30.5 Å². The molecule has 3 heteroatoms. The van der Waals surface area contributed by atoms with Crippen molar-refractivity contribution >= 4 is 16.9 Å².